The van der Waals surface area contributed by atoms with E-state index in [1.807, 2.05) is 18.2 Å². The third-order valence-electron chi connectivity index (χ3n) is 3.71. The molecule has 21 heavy (non-hydrogen) atoms. The number of anilines is 3. The van der Waals surface area contributed by atoms with Crippen LogP contribution in [0.5, 0.6) is 0 Å². The zero-order valence-corrected chi connectivity index (χ0v) is 11.7. The molecule has 0 fully saturated rings. The molecule has 2 heterocycles. The molecular weight excluding hydrogens is 268 g/mol. The van der Waals surface area contributed by atoms with Crippen LogP contribution in [0.1, 0.15) is 12.5 Å². The van der Waals surface area contributed by atoms with Crippen LogP contribution in [0.3, 0.4) is 0 Å². The van der Waals surface area contributed by atoms with Gasteiger partial charge >= 0.3 is 5.69 Å². The van der Waals surface area contributed by atoms with Crippen molar-refractivity contribution in [1.82, 2.24) is 4.98 Å². The molecule has 0 spiro atoms. The summed E-state index contributed by atoms with van der Waals surface area (Å²) in [5.41, 5.74) is 7.90. The molecule has 6 heteroatoms. The molecule has 1 aromatic heterocycles. The van der Waals surface area contributed by atoms with Crippen molar-refractivity contribution in [3.8, 4) is 0 Å². The number of nitrogen functional groups attached to an aromatic ring is 1. The number of hydrogen-bond donors (Lipinski definition) is 1. The third-order valence-corrected chi connectivity index (χ3v) is 3.71. The van der Waals surface area contributed by atoms with Crippen LogP contribution in [0.15, 0.2) is 36.4 Å². The molecule has 0 aliphatic carbocycles. The molecule has 2 N–H and O–H groups in total. The zero-order valence-electron chi connectivity index (χ0n) is 11.7. The molecule has 0 radical (unpaired) electrons. The zero-order chi connectivity index (χ0) is 15.0. The van der Waals surface area contributed by atoms with Gasteiger partial charge in [-0.3, -0.25) is 10.1 Å². The quantitative estimate of drug-likeness (QED) is 0.677. The Balaban J connectivity index is 2.05. The smallest absolute Gasteiger partial charge is 0.311 e. The Morgan fingerprint density at radius 1 is 1.33 bits per heavy atom. The van der Waals surface area contributed by atoms with Crippen LogP contribution >= 0.6 is 0 Å². The van der Waals surface area contributed by atoms with Crippen LogP contribution in [0.25, 0.3) is 0 Å². The first kappa shape index (κ1) is 13.4. The molecule has 1 aliphatic rings. The van der Waals surface area contributed by atoms with E-state index >= 15 is 0 Å². The van der Waals surface area contributed by atoms with Gasteiger partial charge in [0.15, 0.2) is 0 Å². The van der Waals surface area contributed by atoms with E-state index in [1.54, 1.807) is 6.07 Å². The summed E-state index contributed by atoms with van der Waals surface area (Å²) < 4.78 is 0. The van der Waals surface area contributed by atoms with Crippen molar-refractivity contribution in [2.75, 3.05) is 17.2 Å². The topological polar surface area (TPSA) is 85.3 Å². The molecule has 1 unspecified atom stereocenters. The minimum absolute atomic E-state index is 0.0480. The van der Waals surface area contributed by atoms with Gasteiger partial charge in [0.25, 0.3) is 0 Å². The monoisotopic (exact) mass is 284 g/mol. The first-order chi connectivity index (χ1) is 10.1. The maximum atomic E-state index is 10.8. The van der Waals surface area contributed by atoms with E-state index in [2.05, 4.69) is 22.9 Å². The SMILES string of the molecule is CC1Cc2ccccc2N(c2ccc([N+](=O)[O-])c(N)n2)C1. The van der Waals surface area contributed by atoms with Gasteiger partial charge in [-0.2, -0.15) is 0 Å². The van der Waals surface area contributed by atoms with Crippen LogP contribution in [0, 0.1) is 16.0 Å². The van der Waals surface area contributed by atoms with E-state index in [0.717, 1.165) is 18.7 Å². The van der Waals surface area contributed by atoms with Crippen LogP contribution in [-0.2, 0) is 6.42 Å². The molecule has 0 bridgehead atoms. The molecule has 2 aromatic rings. The Hall–Kier alpha value is -2.63. The predicted molar refractivity (Wildman–Crippen MR) is 81.6 cm³/mol. The summed E-state index contributed by atoms with van der Waals surface area (Å²) >= 11 is 0. The van der Waals surface area contributed by atoms with Gasteiger partial charge in [0, 0.05) is 18.3 Å². The molecule has 1 atom stereocenters. The number of nitrogens with two attached hydrogens (primary N) is 1. The van der Waals surface area contributed by atoms with Gasteiger partial charge in [-0.1, -0.05) is 25.1 Å². The van der Waals surface area contributed by atoms with Crippen LogP contribution in [0.4, 0.5) is 23.0 Å². The molecule has 1 aromatic carbocycles. The summed E-state index contributed by atoms with van der Waals surface area (Å²) in [4.78, 5) is 16.6. The minimum atomic E-state index is -0.515. The summed E-state index contributed by atoms with van der Waals surface area (Å²) in [7, 11) is 0. The van der Waals surface area contributed by atoms with Gasteiger partial charge in [0.05, 0.1) is 4.92 Å². The highest BCUT2D eigenvalue weighted by Crippen LogP contribution is 2.35. The second-order valence-electron chi connectivity index (χ2n) is 5.38. The van der Waals surface area contributed by atoms with E-state index in [0.29, 0.717) is 11.7 Å². The Bertz CT molecular complexity index is 702. The van der Waals surface area contributed by atoms with Crippen molar-refractivity contribution >= 4 is 23.0 Å². The molecule has 1 aliphatic heterocycles. The van der Waals surface area contributed by atoms with Crippen LogP contribution < -0.4 is 10.6 Å². The second kappa shape index (κ2) is 5.05. The largest absolute Gasteiger partial charge is 0.378 e. The number of fused-ring (bicyclic) bond motifs is 1. The average molecular weight is 284 g/mol. The van der Waals surface area contributed by atoms with Crippen molar-refractivity contribution in [1.29, 1.82) is 0 Å². The van der Waals surface area contributed by atoms with E-state index in [4.69, 9.17) is 5.73 Å². The molecule has 0 saturated carbocycles. The molecular formula is C15H16N4O2. The molecule has 108 valence electrons. The summed E-state index contributed by atoms with van der Waals surface area (Å²) in [6, 6.07) is 11.2. The van der Waals surface area contributed by atoms with Gasteiger partial charge in [-0.15, -0.1) is 0 Å². The molecule has 3 rings (SSSR count). The van der Waals surface area contributed by atoms with Gasteiger partial charge < -0.3 is 10.6 Å². The highest BCUT2D eigenvalue weighted by Gasteiger charge is 2.24. The van der Waals surface area contributed by atoms with Crippen molar-refractivity contribution in [3.05, 3.63) is 52.1 Å². The van der Waals surface area contributed by atoms with Gasteiger partial charge in [0.2, 0.25) is 5.82 Å². The van der Waals surface area contributed by atoms with E-state index in [9.17, 15) is 10.1 Å². The minimum Gasteiger partial charge on any atom is -0.378 e. The normalized spacial score (nSPS) is 17.4. The van der Waals surface area contributed by atoms with Crippen LogP contribution in [0.2, 0.25) is 0 Å². The fourth-order valence-corrected chi connectivity index (χ4v) is 2.78. The molecule has 0 amide bonds. The number of benzene rings is 1. The lowest BCUT2D eigenvalue weighted by molar-refractivity contribution is -0.384. The van der Waals surface area contributed by atoms with Crippen molar-refractivity contribution in [2.24, 2.45) is 5.92 Å². The maximum absolute atomic E-state index is 10.8. The van der Waals surface area contributed by atoms with Crippen molar-refractivity contribution in [2.45, 2.75) is 13.3 Å². The first-order valence-electron chi connectivity index (χ1n) is 6.82. The number of pyridine rings is 1. The predicted octanol–water partition coefficient (Wildman–Crippen LogP) is 2.90. The van der Waals surface area contributed by atoms with Gasteiger partial charge in [0.1, 0.15) is 5.82 Å². The lowest BCUT2D eigenvalue weighted by atomic mass is 9.94. The van der Waals surface area contributed by atoms with Crippen molar-refractivity contribution in [3.63, 3.8) is 0 Å². The lowest BCUT2D eigenvalue weighted by Gasteiger charge is -2.34. The number of nitro groups is 1. The Morgan fingerprint density at radius 3 is 2.81 bits per heavy atom. The van der Waals surface area contributed by atoms with E-state index in [1.165, 1.54) is 11.6 Å². The summed E-state index contributed by atoms with van der Waals surface area (Å²) in [6.45, 7) is 3.00. The van der Waals surface area contributed by atoms with Crippen LogP contribution in [-0.4, -0.2) is 16.5 Å². The highest BCUT2D eigenvalue weighted by molar-refractivity contribution is 5.68. The summed E-state index contributed by atoms with van der Waals surface area (Å²) in [6.07, 6.45) is 1.02. The van der Waals surface area contributed by atoms with Gasteiger partial charge in [-0.25, -0.2) is 4.98 Å². The first-order valence-corrected chi connectivity index (χ1v) is 6.82. The second-order valence-corrected chi connectivity index (χ2v) is 5.38. The molecule has 6 nitrogen and oxygen atoms in total. The Kier molecular flexibility index (Phi) is 3.21. The fourth-order valence-electron chi connectivity index (χ4n) is 2.78. The average Bonchev–Trinajstić information content (AvgIpc) is 2.45. The highest BCUT2D eigenvalue weighted by atomic mass is 16.6. The number of aromatic nitrogens is 1. The Labute approximate surface area is 122 Å². The fraction of sp³-hybridized carbons (Fsp3) is 0.267. The standard InChI is InChI=1S/C15H16N4O2/c1-10-8-11-4-2-3-5-12(11)18(9-10)14-7-6-13(19(20)21)15(16)17-14/h2-7,10H,8-9H2,1H3,(H2,16,17). The number of para-hydroxylation sites is 1. The summed E-state index contributed by atoms with van der Waals surface area (Å²) in [5, 5.41) is 10.8. The number of rotatable bonds is 2. The number of hydrogen-bond acceptors (Lipinski definition) is 5. The molecule has 0 saturated heterocycles. The van der Waals surface area contributed by atoms with E-state index in [-0.39, 0.29) is 11.5 Å². The van der Waals surface area contributed by atoms with Gasteiger partial charge in [-0.05, 0) is 30.0 Å². The Morgan fingerprint density at radius 2 is 2.10 bits per heavy atom. The summed E-state index contributed by atoms with van der Waals surface area (Å²) in [5.74, 6) is 1.09. The van der Waals surface area contributed by atoms with E-state index < -0.39 is 4.92 Å². The maximum Gasteiger partial charge on any atom is 0.311 e. The third kappa shape index (κ3) is 2.40. The number of nitrogens with zero attached hydrogens (tertiary/aromatic N) is 3. The van der Waals surface area contributed by atoms with Crippen molar-refractivity contribution < 1.29 is 4.92 Å². The lowest BCUT2D eigenvalue weighted by Crippen LogP contribution is -2.31.